The highest BCUT2D eigenvalue weighted by Gasteiger charge is 2.09. The molecule has 0 heterocycles. The van der Waals surface area contributed by atoms with Gasteiger partial charge in [-0.3, -0.25) is 4.79 Å². The molecule has 0 atom stereocenters. The van der Waals surface area contributed by atoms with E-state index in [1.165, 1.54) is 6.08 Å². The number of Topliss-reactive ketones (excluding diaryl/α,β-unsaturated/α-hetero) is 1. The van der Waals surface area contributed by atoms with E-state index in [1.54, 1.807) is 24.3 Å². The number of carboxylic acid groups (broad SMARTS) is 1. The smallest absolute Gasteiger partial charge is 0.372 e. The average molecular weight is 220 g/mol. The first-order valence-electron chi connectivity index (χ1n) is 4.82. The first kappa shape index (κ1) is 12.0. The molecule has 1 rings (SSSR count). The van der Waals surface area contributed by atoms with Gasteiger partial charge < -0.3 is 10.2 Å². The SMILES string of the molecule is O=C(O)C(=O)CC/C=C(\O)c1ccccc1. The average Bonchev–Trinajstić information content (AvgIpc) is 2.29. The summed E-state index contributed by atoms with van der Waals surface area (Å²) >= 11 is 0. The van der Waals surface area contributed by atoms with Crippen LogP contribution in [0, 0.1) is 0 Å². The van der Waals surface area contributed by atoms with E-state index >= 15 is 0 Å². The zero-order chi connectivity index (χ0) is 12.0. The van der Waals surface area contributed by atoms with Crippen LogP contribution < -0.4 is 0 Å². The molecule has 4 heteroatoms. The topological polar surface area (TPSA) is 74.6 Å². The Labute approximate surface area is 92.8 Å². The Bertz CT molecular complexity index is 406. The maximum atomic E-state index is 10.8. The summed E-state index contributed by atoms with van der Waals surface area (Å²) < 4.78 is 0. The van der Waals surface area contributed by atoms with Crippen molar-refractivity contribution in [1.29, 1.82) is 0 Å². The van der Waals surface area contributed by atoms with Crippen LogP contribution in [0.15, 0.2) is 36.4 Å². The molecular formula is C12H12O4. The van der Waals surface area contributed by atoms with Crippen LogP contribution in [0.4, 0.5) is 0 Å². The lowest BCUT2D eigenvalue weighted by atomic mass is 10.1. The summed E-state index contributed by atoms with van der Waals surface area (Å²) in [6, 6.07) is 8.84. The first-order valence-corrected chi connectivity index (χ1v) is 4.82. The lowest BCUT2D eigenvalue weighted by Gasteiger charge is -1.99. The summed E-state index contributed by atoms with van der Waals surface area (Å²) in [7, 11) is 0. The molecule has 1 aromatic carbocycles. The second-order valence-corrected chi connectivity index (χ2v) is 3.22. The van der Waals surface area contributed by atoms with E-state index in [1.807, 2.05) is 6.07 Å². The fourth-order valence-corrected chi connectivity index (χ4v) is 1.17. The Balaban J connectivity index is 2.53. The second kappa shape index (κ2) is 5.70. The molecule has 0 unspecified atom stereocenters. The molecule has 84 valence electrons. The molecule has 0 radical (unpaired) electrons. The van der Waals surface area contributed by atoms with Crippen molar-refractivity contribution in [3.63, 3.8) is 0 Å². The molecule has 0 aliphatic rings. The van der Waals surface area contributed by atoms with Crippen molar-refractivity contribution in [2.24, 2.45) is 0 Å². The molecule has 0 fully saturated rings. The Morgan fingerprint density at radius 1 is 1.12 bits per heavy atom. The van der Waals surface area contributed by atoms with E-state index in [4.69, 9.17) is 5.11 Å². The number of benzene rings is 1. The number of aliphatic hydroxyl groups is 1. The number of allylic oxidation sites excluding steroid dienone is 1. The van der Waals surface area contributed by atoms with Crippen molar-refractivity contribution in [2.45, 2.75) is 12.8 Å². The minimum atomic E-state index is -1.44. The number of aliphatic carboxylic acids is 1. The number of rotatable bonds is 5. The Hall–Kier alpha value is -2.10. The molecule has 0 aliphatic heterocycles. The molecular weight excluding hydrogens is 208 g/mol. The van der Waals surface area contributed by atoms with E-state index in [2.05, 4.69) is 0 Å². The molecule has 4 nitrogen and oxygen atoms in total. The number of aliphatic hydroxyl groups excluding tert-OH is 1. The summed E-state index contributed by atoms with van der Waals surface area (Å²) in [6.45, 7) is 0. The van der Waals surface area contributed by atoms with Crippen LogP contribution in [0.25, 0.3) is 5.76 Å². The Morgan fingerprint density at radius 3 is 2.31 bits per heavy atom. The van der Waals surface area contributed by atoms with E-state index in [9.17, 15) is 14.7 Å². The van der Waals surface area contributed by atoms with Crippen molar-refractivity contribution in [1.82, 2.24) is 0 Å². The molecule has 0 saturated heterocycles. The number of ketones is 1. The Morgan fingerprint density at radius 2 is 1.75 bits per heavy atom. The highest BCUT2D eigenvalue weighted by atomic mass is 16.4. The van der Waals surface area contributed by atoms with Gasteiger partial charge >= 0.3 is 5.97 Å². The van der Waals surface area contributed by atoms with E-state index in [0.717, 1.165) is 0 Å². The van der Waals surface area contributed by atoms with Crippen LogP contribution in [0.3, 0.4) is 0 Å². The summed E-state index contributed by atoms with van der Waals surface area (Å²) in [5, 5.41) is 17.9. The highest BCUT2D eigenvalue weighted by Crippen LogP contribution is 2.11. The maximum absolute atomic E-state index is 10.8. The third-order valence-corrected chi connectivity index (χ3v) is 2.02. The number of hydrogen-bond donors (Lipinski definition) is 2. The fraction of sp³-hybridized carbons (Fsp3) is 0.167. The van der Waals surface area contributed by atoms with E-state index < -0.39 is 11.8 Å². The number of carboxylic acids is 1. The van der Waals surface area contributed by atoms with Crippen LogP contribution in [-0.2, 0) is 9.59 Å². The summed E-state index contributed by atoms with van der Waals surface area (Å²) in [5.74, 6) is -2.23. The Kier molecular flexibility index (Phi) is 4.27. The van der Waals surface area contributed by atoms with Crippen molar-refractivity contribution >= 4 is 17.5 Å². The molecule has 16 heavy (non-hydrogen) atoms. The van der Waals surface area contributed by atoms with Crippen LogP contribution >= 0.6 is 0 Å². The summed E-state index contributed by atoms with van der Waals surface area (Å²) in [6.07, 6.45) is 1.55. The third-order valence-electron chi connectivity index (χ3n) is 2.02. The maximum Gasteiger partial charge on any atom is 0.372 e. The largest absolute Gasteiger partial charge is 0.508 e. The molecule has 0 aromatic heterocycles. The minimum Gasteiger partial charge on any atom is -0.508 e. The summed E-state index contributed by atoms with van der Waals surface area (Å²) in [5.41, 5.74) is 0.644. The molecule has 0 bridgehead atoms. The van der Waals surface area contributed by atoms with Crippen LogP contribution in [0.1, 0.15) is 18.4 Å². The van der Waals surface area contributed by atoms with Crippen LogP contribution in [0.2, 0.25) is 0 Å². The van der Waals surface area contributed by atoms with Gasteiger partial charge in [-0.2, -0.15) is 0 Å². The normalized spacial score (nSPS) is 11.1. The van der Waals surface area contributed by atoms with Crippen LogP contribution in [-0.4, -0.2) is 22.0 Å². The van der Waals surface area contributed by atoms with Crippen molar-refractivity contribution in [3.8, 4) is 0 Å². The lowest BCUT2D eigenvalue weighted by molar-refractivity contribution is -0.149. The zero-order valence-electron chi connectivity index (χ0n) is 8.59. The molecule has 0 spiro atoms. The summed E-state index contributed by atoms with van der Waals surface area (Å²) in [4.78, 5) is 21.0. The molecule has 0 amide bonds. The second-order valence-electron chi connectivity index (χ2n) is 3.22. The van der Waals surface area contributed by atoms with Crippen molar-refractivity contribution in [2.75, 3.05) is 0 Å². The quantitative estimate of drug-likeness (QED) is 0.588. The molecule has 0 aliphatic carbocycles. The first-order chi connectivity index (χ1) is 7.61. The van der Waals surface area contributed by atoms with Crippen LogP contribution in [0.5, 0.6) is 0 Å². The number of hydrogen-bond acceptors (Lipinski definition) is 3. The van der Waals surface area contributed by atoms with Gasteiger partial charge in [0.05, 0.1) is 0 Å². The van der Waals surface area contributed by atoms with Crippen molar-refractivity contribution < 1.29 is 19.8 Å². The molecule has 0 saturated carbocycles. The lowest BCUT2D eigenvalue weighted by Crippen LogP contribution is -2.11. The van der Waals surface area contributed by atoms with Gasteiger partial charge in [0.15, 0.2) is 0 Å². The van der Waals surface area contributed by atoms with Gasteiger partial charge in [0.25, 0.3) is 0 Å². The minimum absolute atomic E-state index is 0.0544. The standard InChI is InChI=1S/C12H12O4/c13-10(9-5-2-1-3-6-9)7-4-8-11(14)12(15)16/h1-3,5-7,13H,4,8H2,(H,15,16)/b10-7-. The van der Waals surface area contributed by atoms with Gasteiger partial charge in [-0.1, -0.05) is 30.3 Å². The third kappa shape index (κ3) is 3.57. The van der Waals surface area contributed by atoms with Gasteiger partial charge in [-0.05, 0) is 12.5 Å². The van der Waals surface area contributed by atoms with Crippen molar-refractivity contribution in [3.05, 3.63) is 42.0 Å². The van der Waals surface area contributed by atoms with Gasteiger partial charge in [-0.25, -0.2) is 4.79 Å². The highest BCUT2D eigenvalue weighted by molar-refractivity contribution is 6.32. The number of carbonyl (C=O) groups is 2. The molecule has 1 aromatic rings. The van der Waals surface area contributed by atoms with E-state index in [0.29, 0.717) is 5.56 Å². The predicted molar refractivity (Wildman–Crippen MR) is 58.9 cm³/mol. The monoisotopic (exact) mass is 220 g/mol. The zero-order valence-corrected chi connectivity index (χ0v) is 8.59. The number of carbonyl (C=O) groups excluding carboxylic acids is 1. The van der Waals surface area contributed by atoms with Gasteiger partial charge in [0.2, 0.25) is 5.78 Å². The van der Waals surface area contributed by atoms with Gasteiger partial charge in [-0.15, -0.1) is 0 Å². The molecule has 2 N–H and O–H groups in total. The predicted octanol–water partition coefficient (Wildman–Crippen LogP) is 2.02. The van der Waals surface area contributed by atoms with E-state index in [-0.39, 0.29) is 18.6 Å². The van der Waals surface area contributed by atoms with Gasteiger partial charge in [0.1, 0.15) is 5.76 Å². The fourth-order valence-electron chi connectivity index (χ4n) is 1.17. The van der Waals surface area contributed by atoms with Gasteiger partial charge in [0, 0.05) is 12.0 Å².